The molecule has 8 heteroatoms. The zero-order valence-electron chi connectivity index (χ0n) is 16.4. The van der Waals surface area contributed by atoms with Gasteiger partial charge >= 0.3 is 0 Å². The smallest absolute Gasteiger partial charge is 0.295 e. The van der Waals surface area contributed by atoms with Crippen LogP contribution in [-0.4, -0.2) is 50.1 Å². The maximum absolute atomic E-state index is 13.8. The lowest BCUT2D eigenvalue weighted by Crippen LogP contribution is -2.25. The molecule has 29 heavy (non-hydrogen) atoms. The Morgan fingerprint density at radius 1 is 1.00 bits per heavy atom. The average molecular weight is 401 g/mol. The minimum Gasteiger partial charge on any atom is -0.507 e. The summed E-state index contributed by atoms with van der Waals surface area (Å²) < 4.78 is 29.6. The van der Waals surface area contributed by atoms with Crippen LogP contribution in [0.2, 0.25) is 0 Å². The molecule has 0 spiro atoms. The number of ketones is 1. The number of benzene rings is 2. The Labute approximate surface area is 166 Å². The predicted octanol–water partition coefficient (Wildman–Crippen LogP) is 2.90. The number of Topliss-reactive ketones (excluding diaryl/α,β-unsaturated/α-hetero) is 1. The van der Waals surface area contributed by atoms with Crippen LogP contribution in [0.3, 0.4) is 0 Å². The molecule has 0 saturated carbocycles. The number of carbonyl (C=O) groups is 2. The maximum Gasteiger partial charge on any atom is 0.295 e. The molecule has 1 fully saturated rings. The van der Waals surface area contributed by atoms with Gasteiger partial charge in [-0.25, -0.2) is 4.39 Å². The molecule has 152 valence electrons. The number of likely N-dealkylation sites (tertiary alicyclic amines) is 1. The highest BCUT2D eigenvalue weighted by molar-refractivity contribution is 6.46. The molecule has 1 aliphatic heterocycles. The van der Waals surface area contributed by atoms with Gasteiger partial charge in [0.15, 0.2) is 0 Å². The molecule has 1 saturated heterocycles. The van der Waals surface area contributed by atoms with Gasteiger partial charge in [0, 0.05) is 12.6 Å². The first-order valence-corrected chi connectivity index (χ1v) is 8.64. The predicted molar refractivity (Wildman–Crippen MR) is 103 cm³/mol. The summed E-state index contributed by atoms with van der Waals surface area (Å²) in [6.45, 7) is 0. The Morgan fingerprint density at radius 3 is 2.28 bits per heavy atom. The summed E-state index contributed by atoms with van der Waals surface area (Å²) in [5, 5.41) is 10.9. The minimum absolute atomic E-state index is 0.0363. The van der Waals surface area contributed by atoms with Crippen molar-refractivity contribution in [2.24, 2.45) is 0 Å². The van der Waals surface area contributed by atoms with Crippen LogP contribution in [0, 0.1) is 5.82 Å². The number of methoxy groups -OCH3 is 3. The standard InChI is InChI=1S/C21H20FNO6/c1-23-18(13-10-12(27-2)6-8-15(13)28-3)17(20(25)21(23)26)19(24)14-9-11(22)5-7-16(14)29-4/h5-10,18,24H,1-4H3/b19-17+. The lowest BCUT2D eigenvalue weighted by atomic mass is 9.94. The largest absolute Gasteiger partial charge is 0.507 e. The molecule has 1 atom stereocenters. The first-order chi connectivity index (χ1) is 13.8. The van der Waals surface area contributed by atoms with E-state index in [9.17, 15) is 19.1 Å². The summed E-state index contributed by atoms with van der Waals surface area (Å²) in [7, 11) is 5.72. The molecule has 1 aliphatic rings. The van der Waals surface area contributed by atoms with E-state index in [1.807, 2.05) is 0 Å². The Bertz CT molecular complexity index is 1020. The van der Waals surface area contributed by atoms with Crippen molar-refractivity contribution >= 4 is 17.4 Å². The summed E-state index contributed by atoms with van der Waals surface area (Å²) >= 11 is 0. The molecule has 3 rings (SSSR count). The van der Waals surface area contributed by atoms with E-state index < -0.39 is 29.3 Å². The van der Waals surface area contributed by atoms with Crippen molar-refractivity contribution in [3.63, 3.8) is 0 Å². The van der Waals surface area contributed by atoms with Gasteiger partial charge in [-0.15, -0.1) is 0 Å². The van der Waals surface area contributed by atoms with Crippen molar-refractivity contribution in [3.05, 3.63) is 58.9 Å². The number of likely N-dealkylation sites (N-methyl/N-ethyl adjacent to an activating group) is 1. The first-order valence-electron chi connectivity index (χ1n) is 8.64. The molecule has 0 radical (unpaired) electrons. The van der Waals surface area contributed by atoms with Crippen LogP contribution in [-0.2, 0) is 9.59 Å². The van der Waals surface area contributed by atoms with E-state index >= 15 is 0 Å². The number of aliphatic hydroxyl groups excluding tert-OH is 1. The Hall–Kier alpha value is -3.55. The number of ether oxygens (including phenoxy) is 3. The topological polar surface area (TPSA) is 85.3 Å². The molecule has 1 unspecified atom stereocenters. The Kier molecular flexibility index (Phi) is 5.45. The van der Waals surface area contributed by atoms with Gasteiger partial charge in [-0.05, 0) is 36.4 Å². The van der Waals surface area contributed by atoms with Gasteiger partial charge in [-0.2, -0.15) is 0 Å². The molecule has 0 bridgehead atoms. The molecule has 7 nitrogen and oxygen atoms in total. The fourth-order valence-corrected chi connectivity index (χ4v) is 3.38. The monoisotopic (exact) mass is 401 g/mol. The zero-order valence-corrected chi connectivity index (χ0v) is 16.4. The summed E-state index contributed by atoms with van der Waals surface area (Å²) in [4.78, 5) is 26.4. The molecule has 2 aromatic rings. The van der Waals surface area contributed by atoms with Crippen molar-refractivity contribution in [3.8, 4) is 17.2 Å². The quantitative estimate of drug-likeness (QED) is 0.471. The first kappa shape index (κ1) is 20.2. The van der Waals surface area contributed by atoms with E-state index in [1.165, 1.54) is 39.3 Å². The second kappa shape index (κ2) is 7.83. The molecule has 1 heterocycles. The van der Waals surface area contributed by atoms with Crippen LogP contribution in [0.4, 0.5) is 4.39 Å². The fourth-order valence-electron chi connectivity index (χ4n) is 3.38. The molecular formula is C21H20FNO6. The third kappa shape index (κ3) is 3.37. The van der Waals surface area contributed by atoms with Crippen molar-refractivity contribution in [2.45, 2.75) is 6.04 Å². The number of hydrogen-bond acceptors (Lipinski definition) is 6. The number of hydrogen-bond donors (Lipinski definition) is 1. The third-order valence-electron chi connectivity index (χ3n) is 4.82. The van der Waals surface area contributed by atoms with E-state index in [1.54, 1.807) is 18.2 Å². The lowest BCUT2D eigenvalue weighted by Gasteiger charge is -2.23. The van der Waals surface area contributed by atoms with Crippen molar-refractivity contribution < 1.29 is 33.3 Å². The zero-order chi connectivity index (χ0) is 21.3. The maximum atomic E-state index is 13.8. The highest BCUT2D eigenvalue weighted by atomic mass is 19.1. The molecule has 0 aliphatic carbocycles. The van der Waals surface area contributed by atoms with E-state index in [0.29, 0.717) is 17.1 Å². The van der Waals surface area contributed by atoms with Gasteiger partial charge in [0.25, 0.3) is 11.7 Å². The summed E-state index contributed by atoms with van der Waals surface area (Å²) in [5.74, 6) is -1.86. The van der Waals surface area contributed by atoms with E-state index in [0.717, 1.165) is 12.1 Å². The SMILES string of the molecule is COc1ccc(OC)c(C2/C(=C(\O)c3cc(F)ccc3OC)C(=O)C(=O)N2C)c1. The molecular weight excluding hydrogens is 381 g/mol. The number of rotatable bonds is 5. The molecule has 0 aromatic heterocycles. The minimum atomic E-state index is -0.965. The fraction of sp³-hybridized carbons (Fsp3) is 0.238. The number of carbonyl (C=O) groups excluding carboxylic acids is 2. The van der Waals surface area contributed by atoms with Crippen LogP contribution in [0.25, 0.3) is 5.76 Å². The number of aliphatic hydroxyl groups is 1. The van der Waals surface area contributed by atoms with Crippen LogP contribution >= 0.6 is 0 Å². The highest BCUT2D eigenvalue weighted by Crippen LogP contribution is 2.44. The van der Waals surface area contributed by atoms with Crippen molar-refractivity contribution in [2.75, 3.05) is 28.4 Å². The van der Waals surface area contributed by atoms with E-state index in [-0.39, 0.29) is 16.9 Å². The van der Waals surface area contributed by atoms with Crippen LogP contribution in [0.1, 0.15) is 17.2 Å². The van der Waals surface area contributed by atoms with Gasteiger partial charge in [-0.1, -0.05) is 0 Å². The van der Waals surface area contributed by atoms with E-state index in [2.05, 4.69) is 0 Å². The molecule has 2 aromatic carbocycles. The van der Waals surface area contributed by atoms with Gasteiger partial charge < -0.3 is 24.2 Å². The summed E-state index contributed by atoms with van der Waals surface area (Å²) in [6.07, 6.45) is 0. The molecule has 1 N–H and O–H groups in total. The van der Waals surface area contributed by atoms with Crippen LogP contribution < -0.4 is 14.2 Å². The normalized spacial score (nSPS) is 18.1. The lowest BCUT2D eigenvalue weighted by molar-refractivity contribution is -0.139. The van der Waals surface area contributed by atoms with Crippen LogP contribution in [0.5, 0.6) is 17.2 Å². The summed E-state index contributed by atoms with van der Waals surface area (Å²) in [5.41, 5.74) is 0.198. The Balaban J connectivity index is 2.29. The molecule has 1 amide bonds. The van der Waals surface area contributed by atoms with E-state index in [4.69, 9.17) is 14.2 Å². The number of halogens is 1. The summed E-state index contributed by atoms with van der Waals surface area (Å²) in [6, 6.07) is 7.48. The number of amides is 1. The van der Waals surface area contributed by atoms with Gasteiger partial charge in [0.1, 0.15) is 28.8 Å². The van der Waals surface area contributed by atoms with Gasteiger partial charge in [-0.3, -0.25) is 9.59 Å². The third-order valence-corrected chi connectivity index (χ3v) is 4.82. The second-order valence-corrected chi connectivity index (χ2v) is 6.36. The number of nitrogens with zero attached hydrogens (tertiary/aromatic N) is 1. The average Bonchev–Trinajstić information content (AvgIpc) is 2.96. The van der Waals surface area contributed by atoms with Crippen molar-refractivity contribution in [1.82, 2.24) is 4.90 Å². The van der Waals surface area contributed by atoms with Gasteiger partial charge in [0.05, 0.1) is 38.5 Å². The van der Waals surface area contributed by atoms with Gasteiger partial charge in [0.2, 0.25) is 0 Å². The Morgan fingerprint density at radius 2 is 1.66 bits per heavy atom. The second-order valence-electron chi connectivity index (χ2n) is 6.36. The van der Waals surface area contributed by atoms with Crippen molar-refractivity contribution in [1.29, 1.82) is 0 Å². The van der Waals surface area contributed by atoms with Crippen LogP contribution in [0.15, 0.2) is 42.0 Å². The highest BCUT2D eigenvalue weighted by Gasteiger charge is 2.45.